The molecule has 0 atom stereocenters. The lowest BCUT2D eigenvalue weighted by Gasteiger charge is -2.32. The minimum atomic E-state index is -0.547. The molecular formula is C17H31N3O5. The zero-order valence-corrected chi connectivity index (χ0v) is 15.7. The SMILES string of the molecule is COCC(=O)NCC1CCN(C(=O)CCNC(=O)OC(C)(C)C)CC1. The quantitative estimate of drug-likeness (QED) is 0.706. The van der Waals surface area contributed by atoms with E-state index in [0.717, 1.165) is 12.8 Å². The summed E-state index contributed by atoms with van der Waals surface area (Å²) >= 11 is 0. The summed E-state index contributed by atoms with van der Waals surface area (Å²) in [6.45, 7) is 7.68. The Morgan fingerprint density at radius 3 is 2.32 bits per heavy atom. The first-order chi connectivity index (χ1) is 11.7. The van der Waals surface area contributed by atoms with Crippen molar-refractivity contribution in [2.24, 2.45) is 5.92 Å². The van der Waals surface area contributed by atoms with Crippen LogP contribution in [0, 0.1) is 5.92 Å². The van der Waals surface area contributed by atoms with Crippen LogP contribution in [-0.4, -0.2) is 68.3 Å². The lowest BCUT2D eigenvalue weighted by atomic mass is 9.96. The molecule has 2 N–H and O–H groups in total. The van der Waals surface area contributed by atoms with Crippen LogP contribution in [0.1, 0.15) is 40.0 Å². The Bertz CT molecular complexity index is 454. The average molecular weight is 357 g/mol. The maximum atomic E-state index is 12.2. The molecule has 1 aliphatic rings. The van der Waals surface area contributed by atoms with Gasteiger partial charge in [0.2, 0.25) is 11.8 Å². The number of amides is 3. The second-order valence-electron chi connectivity index (χ2n) is 7.24. The Kier molecular flexibility index (Phi) is 8.68. The van der Waals surface area contributed by atoms with Crippen molar-refractivity contribution < 1.29 is 23.9 Å². The molecule has 1 fully saturated rings. The highest BCUT2D eigenvalue weighted by molar-refractivity contribution is 5.77. The molecule has 8 heteroatoms. The summed E-state index contributed by atoms with van der Waals surface area (Å²) < 4.78 is 9.89. The van der Waals surface area contributed by atoms with Gasteiger partial charge in [-0.05, 0) is 39.5 Å². The number of likely N-dealkylation sites (tertiary alicyclic amines) is 1. The molecule has 1 rings (SSSR count). The van der Waals surface area contributed by atoms with Gasteiger partial charge in [-0.3, -0.25) is 9.59 Å². The zero-order valence-electron chi connectivity index (χ0n) is 15.7. The lowest BCUT2D eigenvalue weighted by molar-refractivity contribution is -0.132. The minimum absolute atomic E-state index is 0.0259. The third-order valence-corrected chi connectivity index (χ3v) is 3.84. The number of carbonyl (C=O) groups excluding carboxylic acids is 3. The topological polar surface area (TPSA) is 97.0 Å². The van der Waals surface area contributed by atoms with E-state index in [9.17, 15) is 14.4 Å². The molecule has 0 unspecified atom stereocenters. The Hall–Kier alpha value is -1.83. The smallest absolute Gasteiger partial charge is 0.407 e. The molecule has 1 aliphatic heterocycles. The van der Waals surface area contributed by atoms with Crippen LogP contribution >= 0.6 is 0 Å². The van der Waals surface area contributed by atoms with Crippen molar-refractivity contribution in [3.63, 3.8) is 0 Å². The predicted octanol–water partition coefficient (Wildman–Crippen LogP) is 0.902. The number of hydrogen-bond donors (Lipinski definition) is 2. The predicted molar refractivity (Wildman–Crippen MR) is 93.0 cm³/mol. The van der Waals surface area contributed by atoms with Gasteiger partial charge < -0.3 is 25.0 Å². The van der Waals surface area contributed by atoms with Crippen LogP contribution in [0.15, 0.2) is 0 Å². The average Bonchev–Trinajstić information content (AvgIpc) is 2.52. The van der Waals surface area contributed by atoms with Gasteiger partial charge in [-0.25, -0.2) is 4.79 Å². The summed E-state index contributed by atoms with van der Waals surface area (Å²) in [7, 11) is 1.49. The van der Waals surface area contributed by atoms with E-state index in [1.54, 1.807) is 20.8 Å². The van der Waals surface area contributed by atoms with Crippen LogP contribution < -0.4 is 10.6 Å². The van der Waals surface area contributed by atoms with Gasteiger partial charge in [-0.1, -0.05) is 0 Å². The van der Waals surface area contributed by atoms with E-state index < -0.39 is 11.7 Å². The Balaban J connectivity index is 2.18. The van der Waals surface area contributed by atoms with Crippen LogP contribution in [0.4, 0.5) is 4.79 Å². The van der Waals surface area contributed by atoms with Gasteiger partial charge in [0.15, 0.2) is 0 Å². The zero-order chi connectivity index (χ0) is 18.9. The van der Waals surface area contributed by atoms with Gasteiger partial charge in [0.25, 0.3) is 0 Å². The van der Waals surface area contributed by atoms with Crippen molar-refractivity contribution in [1.29, 1.82) is 0 Å². The number of hydrogen-bond acceptors (Lipinski definition) is 5. The third kappa shape index (κ3) is 9.28. The molecule has 1 heterocycles. The number of rotatable bonds is 7. The van der Waals surface area contributed by atoms with Crippen LogP contribution in [0.5, 0.6) is 0 Å². The molecule has 0 aromatic rings. The van der Waals surface area contributed by atoms with Gasteiger partial charge in [-0.15, -0.1) is 0 Å². The standard InChI is InChI=1S/C17H31N3O5/c1-17(2,3)25-16(23)18-8-5-15(22)20-9-6-13(7-10-20)11-19-14(21)12-24-4/h13H,5-12H2,1-4H3,(H,18,23)(H,19,21). The van der Waals surface area contributed by atoms with E-state index in [0.29, 0.717) is 25.6 Å². The van der Waals surface area contributed by atoms with Crippen LogP contribution in [0.3, 0.4) is 0 Å². The molecule has 0 aliphatic carbocycles. The monoisotopic (exact) mass is 357 g/mol. The number of methoxy groups -OCH3 is 1. The van der Waals surface area contributed by atoms with Gasteiger partial charge >= 0.3 is 6.09 Å². The highest BCUT2D eigenvalue weighted by Gasteiger charge is 2.23. The molecule has 144 valence electrons. The maximum Gasteiger partial charge on any atom is 0.407 e. The third-order valence-electron chi connectivity index (χ3n) is 3.84. The molecule has 0 bridgehead atoms. The fraction of sp³-hybridized carbons (Fsp3) is 0.824. The summed E-state index contributed by atoms with van der Waals surface area (Å²) in [4.78, 5) is 36.9. The highest BCUT2D eigenvalue weighted by Crippen LogP contribution is 2.17. The van der Waals surface area contributed by atoms with Crippen LogP contribution in [0.2, 0.25) is 0 Å². The van der Waals surface area contributed by atoms with Crippen LogP contribution in [0.25, 0.3) is 0 Å². The fourth-order valence-electron chi connectivity index (χ4n) is 2.57. The van der Waals surface area contributed by atoms with Crippen molar-refractivity contribution in [2.45, 2.75) is 45.6 Å². The first kappa shape index (κ1) is 21.2. The normalized spacial score (nSPS) is 15.6. The van der Waals surface area contributed by atoms with E-state index in [1.807, 2.05) is 4.90 Å². The molecule has 0 radical (unpaired) electrons. The number of carbonyl (C=O) groups is 3. The van der Waals surface area contributed by atoms with Gasteiger partial charge in [-0.2, -0.15) is 0 Å². The first-order valence-corrected chi connectivity index (χ1v) is 8.71. The van der Waals surface area contributed by atoms with Crippen molar-refractivity contribution in [2.75, 3.05) is 39.9 Å². The molecule has 0 aromatic carbocycles. The first-order valence-electron chi connectivity index (χ1n) is 8.71. The Morgan fingerprint density at radius 1 is 1.12 bits per heavy atom. The fourth-order valence-corrected chi connectivity index (χ4v) is 2.57. The molecule has 25 heavy (non-hydrogen) atoms. The van der Waals surface area contributed by atoms with E-state index >= 15 is 0 Å². The van der Waals surface area contributed by atoms with Crippen molar-refractivity contribution in [3.05, 3.63) is 0 Å². The molecule has 0 spiro atoms. The number of piperidine rings is 1. The lowest BCUT2D eigenvalue weighted by Crippen LogP contribution is -2.43. The number of nitrogens with one attached hydrogen (secondary N) is 2. The molecule has 3 amide bonds. The van der Waals surface area contributed by atoms with E-state index in [1.165, 1.54) is 7.11 Å². The summed E-state index contributed by atoms with van der Waals surface area (Å²) in [6, 6.07) is 0. The summed E-state index contributed by atoms with van der Waals surface area (Å²) in [6.07, 6.45) is 1.47. The van der Waals surface area contributed by atoms with E-state index in [4.69, 9.17) is 9.47 Å². The minimum Gasteiger partial charge on any atom is -0.444 e. The number of ether oxygens (including phenoxy) is 2. The van der Waals surface area contributed by atoms with Crippen LogP contribution in [-0.2, 0) is 19.1 Å². The number of alkyl carbamates (subject to hydrolysis) is 1. The largest absolute Gasteiger partial charge is 0.444 e. The Labute approximate surface area is 149 Å². The van der Waals surface area contributed by atoms with E-state index in [2.05, 4.69) is 10.6 Å². The number of nitrogens with zero attached hydrogens (tertiary/aromatic N) is 1. The van der Waals surface area contributed by atoms with Gasteiger partial charge in [0.05, 0.1) is 0 Å². The molecule has 1 saturated heterocycles. The van der Waals surface area contributed by atoms with E-state index in [-0.39, 0.29) is 31.4 Å². The maximum absolute atomic E-state index is 12.2. The molecule has 8 nitrogen and oxygen atoms in total. The highest BCUT2D eigenvalue weighted by atomic mass is 16.6. The second kappa shape index (κ2) is 10.2. The summed E-state index contributed by atoms with van der Waals surface area (Å²) in [5.41, 5.74) is -0.547. The second-order valence-corrected chi connectivity index (χ2v) is 7.24. The Morgan fingerprint density at radius 2 is 1.76 bits per heavy atom. The van der Waals surface area contributed by atoms with Crippen molar-refractivity contribution >= 4 is 17.9 Å². The van der Waals surface area contributed by atoms with Gasteiger partial charge in [0.1, 0.15) is 12.2 Å². The molecular weight excluding hydrogens is 326 g/mol. The van der Waals surface area contributed by atoms with Gasteiger partial charge in [0, 0.05) is 39.7 Å². The molecule has 0 saturated carbocycles. The van der Waals surface area contributed by atoms with Crippen molar-refractivity contribution in [3.8, 4) is 0 Å². The summed E-state index contributed by atoms with van der Waals surface area (Å²) in [5, 5.41) is 5.43. The summed E-state index contributed by atoms with van der Waals surface area (Å²) in [5.74, 6) is 0.289. The molecule has 0 aromatic heterocycles. The van der Waals surface area contributed by atoms with Crippen molar-refractivity contribution in [1.82, 2.24) is 15.5 Å².